The first kappa shape index (κ1) is 23.9. The van der Waals surface area contributed by atoms with Crippen molar-refractivity contribution >= 4 is 10.1 Å². The molecule has 0 N–H and O–H groups in total. The molecule has 2 aliphatic carbocycles. The van der Waals surface area contributed by atoms with E-state index in [4.69, 9.17) is 8.92 Å². The molecule has 2 aromatic carbocycles. The molecule has 4 atom stereocenters. The molecule has 3 unspecified atom stereocenters. The fourth-order valence-electron chi connectivity index (χ4n) is 5.90. The van der Waals surface area contributed by atoms with Crippen LogP contribution in [-0.2, 0) is 16.7 Å². The second-order valence-corrected chi connectivity index (χ2v) is 11.8. The first-order valence-electron chi connectivity index (χ1n) is 12.0. The Morgan fingerprint density at radius 1 is 1.03 bits per heavy atom. The predicted molar refractivity (Wildman–Crippen MR) is 134 cm³/mol. The van der Waals surface area contributed by atoms with Gasteiger partial charge in [0.25, 0.3) is 0 Å². The summed E-state index contributed by atoms with van der Waals surface area (Å²) in [5.74, 6) is 2.55. The molecule has 4 nitrogen and oxygen atoms in total. The number of ether oxygens (including phenoxy) is 1. The van der Waals surface area contributed by atoms with Gasteiger partial charge in [0, 0.05) is 17.0 Å². The van der Waals surface area contributed by atoms with Gasteiger partial charge in [-0.05, 0) is 74.5 Å². The Bertz CT molecular complexity index is 1160. The molecule has 5 heteroatoms. The molecule has 4 rings (SSSR count). The molecule has 0 radical (unpaired) electrons. The molecule has 2 aromatic rings. The molecular weight excluding hydrogens is 432 g/mol. The van der Waals surface area contributed by atoms with Gasteiger partial charge >= 0.3 is 10.1 Å². The average molecular weight is 469 g/mol. The van der Waals surface area contributed by atoms with Crippen molar-refractivity contribution in [1.29, 1.82) is 0 Å². The van der Waals surface area contributed by atoms with Gasteiger partial charge in [-0.2, -0.15) is 8.42 Å². The SMILES string of the molecule is CC(C)=CC1CC(C)C2CC[C@H](C)c3c(OCc4ccccc4)c(OS(C)(=O)=O)c(C)c1c32. The van der Waals surface area contributed by atoms with E-state index in [1.807, 2.05) is 37.3 Å². The normalized spacial score (nSPS) is 24.1. The second-order valence-electron chi connectivity index (χ2n) is 10.2. The van der Waals surface area contributed by atoms with Crippen LogP contribution in [-0.4, -0.2) is 14.7 Å². The van der Waals surface area contributed by atoms with Crippen LogP contribution in [0.1, 0.15) is 92.5 Å². The van der Waals surface area contributed by atoms with Crippen molar-refractivity contribution in [3.8, 4) is 11.5 Å². The van der Waals surface area contributed by atoms with Crippen LogP contribution >= 0.6 is 0 Å². The van der Waals surface area contributed by atoms with Crippen molar-refractivity contribution in [1.82, 2.24) is 0 Å². The van der Waals surface area contributed by atoms with E-state index in [1.54, 1.807) is 0 Å². The van der Waals surface area contributed by atoms with Crippen LogP contribution < -0.4 is 8.92 Å². The van der Waals surface area contributed by atoms with Crippen molar-refractivity contribution in [3.63, 3.8) is 0 Å². The highest BCUT2D eigenvalue weighted by Gasteiger charge is 2.42. The summed E-state index contributed by atoms with van der Waals surface area (Å²) in [7, 11) is -3.72. The van der Waals surface area contributed by atoms with Gasteiger partial charge in [0.05, 0.1) is 6.26 Å². The molecule has 0 fully saturated rings. The first-order valence-corrected chi connectivity index (χ1v) is 13.8. The van der Waals surface area contributed by atoms with Gasteiger partial charge in [-0.25, -0.2) is 0 Å². The van der Waals surface area contributed by atoms with E-state index < -0.39 is 10.1 Å². The fraction of sp³-hybridized carbons (Fsp3) is 0.500. The lowest BCUT2D eigenvalue weighted by atomic mass is 9.62. The summed E-state index contributed by atoms with van der Waals surface area (Å²) in [6.07, 6.45) is 6.75. The third-order valence-electron chi connectivity index (χ3n) is 7.23. The molecule has 0 aromatic heterocycles. The van der Waals surface area contributed by atoms with Gasteiger partial charge in [0.1, 0.15) is 6.61 Å². The van der Waals surface area contributed by atoms with Crippen molar-refractivity contribution in [2.75, 3.05) is 6.26 Å². The molecule has 0 bridgehead atoms. The smallest absolute Gasteiger partial charge is 0.306 e. The van der Waals surface area contributed by atoms with Crippen LogP contribution in [0.5, 0.6) is 11.5 Å². The first-order chi connectivity index (χ1) is 15.6. The van der Waals surface area contributed by atoms with Crippen LogP contribution in [0.25, 0.3) is 0 Å². The summed E-state index contributed by atoms with van der Waals surface area (Å²) >= 11 is 0. The standard InChI is InChI=1S/C28H36O4S/c1-17(2)14-22-15-19(4)23-13-12-18(3)24-26(23)25(22)20(5)27(32-33(6,29)30)28(24)31-16-21-10-8-7-9-11-21/h7-11,14,18-19,22-23H,12-13,15-16H2,1-6H3/t18-,19?,22?,23?/m0/s1. The Morgan fingerprint density at radius 3 is 2.36 bits per heavy atom. The van der Waals surface area contributed by atoms with E-state index in [2.05, 4.69) is 33.8 Å². The largest absolute Gasteiger partial charge is 0.485 e. The van der Waals surface area contributed by atoms with E-state index >= 15 is 0 Å². The lowest BCUT2D eigenvalue weighted by Crippen LogP contribution is -2.29. The summed E-state index contributed by atoms with van der Waals surface area (Å²) in [6, 6.07) is 9.99. The lowest BCUT2D eigenvalue weighted by molar-refractivity contribution is 0.277. The van der Waals surface area contributed by atoms with Gasteiger partial charge in [0.15, 0.2) is 11.5 Å². The van der Waals surface area contributed by atoms with Crippen LogP contribution in [0.2, 0.25) is 0 Å². The maximum Gasteiger partial charge on any atom is 0.306 e. The number of hydrogen-bond donors (Lipinski definition) is 0. The fourth-order valence-corrected chi connectivity index (χ4v) is 6.40. The number of benzene rings is 2. The molecule has 0 amide bonds. The molecule has 0 heterocycles. The molecule has 0 saturated heterocycles. The van der Waals surface area contributed by atoms with E-state index in [1.165, 1.54) is 16.7 Å². The average Bonchev–Trinajstić information content (AvgIpc) is 2.73. The third kappa shape index (κ3) is 4.84. The number of rotatable bonds is 6. The van der Waals surface area contributed by atoms with Gasteiger partial charge in [0.2, 0.25) is 0 Å². The summed E-state index contributed by atoms with van der Waals surface area (Å²) in [6.45, 7) is 11.2. The molecule has 0 aliphatic heterocycles. The number of allylic oxidation sites excluding steroid dienone is 2. The number of hydrogen-bond acceptors (Lipinski definition) is 4. The zero-order valence-corrected chi connectivity index (χ0v) is 21.5. The molecule has 2 aliphatic rings. The molecular formula is C28H36O4S. The molecule has 0 saturated carbocycles. The monoisotopic (exact) mass is 468 g/mol. The maximum absolute atomic E-state index is 12.3. The van der Waals surface area contributed by atoms with Gasteiger partial charge in [-0.3, -0.25) is 0 Å². The quantitative estimate of drug-likeness (QED) is 0.339. The highest BCUT2D eigenvalue weighted by atomic mass is 32.2. The van der Waals surface area contributed by atoms with Crippen LogP contribution in [0.3, 0.4) is 0 Å². The maximum atomic E-state index is 12.3. The predicted octanol–water partition coefficient (Wildman–Crippen LogP) is 6.98. The minimum atomic E-state index is -3.72. The van der Waals surface area contributed by atoms with Gasteiger partial charge in [-0.15, -0.1) is 0 Å². The van der Waals surface area contributed by atoms with Crippen molar-refractivity contribution in [2.45, 2.75) is 78.2 Å². The third-order valence-corrected chi connectivity index (χ3v) is 7.70. The van der Waals surface area contributed by atoms with Crippen molar-refractivity contribution < 1.29 is 17.3 Å². The Hall–Kier alpha value is -2.27. The Labute approximate surface area is 199 Å². The molecule has 0 spiro atoms. The topological polar surface area (TPSA) is 52.6 Å². The molecule has 33 heavy (non-hydrogen) atoms. The Morgan fingerprint density at radius 2 is 1.73 bits per heavy atom. The Balaban J connectivity index is 1.97. The van der Waals surface area contributed by atoms with Crippen LogP contribution in [0.15, 0.2) is 42.0 Å². The van der Waals surface area contributed by atoms with E-state index in [9.17, 15) is 8.42 Å². The summed E-state index contributed by atoms with van der Waals surface area (Å²) in [5, 5.41) is 0. The van der Waals surface area contributed by atoms with Crippen LogP contribution in [0.4, 0.5) is 0 Å². The summed E-state index contributed by atoms with van der Waals surface area (Å²) < 4.78 is 36.8. The van der Waals surface area contributed by atoms with Gasteiger partial charge in [-0.1, -0.05) is 55.8 Å². The van der Waals surface area contributed by atoms with Gasteiger partial charge < -0.3 is 8.92 Å². The van der Waals surface area contributed by atoms with Crippen molar-refractivity contribution in [3.05, 3.63) is 69.8 Å². The highest BCUT2D eigenvalue weighted by molar-refractivity contribution is 7.86. The zero-order chi connectivity index (χ0) is 23.9. The second kappa shape index (κ2) is 9.17. The lowest BCUT2D eigenvalue weighted by Gasteiger charge is -2.43. The molecule has 178 valence electrons. The Kier molecular flexibility index (Phi) is 6.63. The van der Waals surface area contributed by atoms with E-state index in [0.29, 0.717) is 29.9 Å². The van der Waals surface area contributed by atoms with Crippen LogP contribution in [0, 0.1) is 12.8 Å². The van der Waals surface area contributed by atoms with E-state index in [-0.39, 0.29) is 11.8 Å². The van der Waals surface area contributed by atoms with Crippen molar-refractivity contribution in [2.24, 2.45) is 5.92 Å². The highest BCUT2D eigenvalue weighted by Crippen LogP contribution is 2.58. The van der Waals surface area contributed by atoms with E-state index in [0.717, 1.165) is 42.2 Å². The zero-order valence-electron chi connectivity index (χ0n) is 20.6. The minimum Gasteiger partial charge on any atom is -0.485 e. The minimum absolute atomic E-state index is 0.255. The summed E-state index contributed by atoms with van der Waals surface area (Å²) in [4.78, 5) is 0. The summed E-state index contributed by atoms with van der Waals surface area (Å²) in [5.41, 5.74) is 7.01.